The van der Waals surface area contributed by atoms with Gasteiger partial charge in [-0.3, -0.25) is 4.79 Å². The molecule has 5 nitrogen and oxygen atoms in total. The number of nitrogens with one attached hydrogen (secondary N) is 1. The van der Waals surface area contributed by atoms with Crippen LogP contribution in [0.4, 0.5) is 4.79 Å². The van der Waals surface area contributed by atoms with Gasteiger partial charge in [-0.05, 0) is 46.1 Å². The van der Waals surface area contributed by atoms with Crippen molar-refractivity contribution in [2.24, 2.45) is 0 Å². The van der Waals surface area contributed by atoms with Crippen LogP contribution in [-0.2, 0) is 9.53 Å². The molecule has 1 aromatic carbocycles. The summed E-state index contributed by atoms with van der Waals surface area (Å²) >= 11 is 0. The number of rotatable bonds is 4. The second-order valence-electron chi connectivity index (χ2n) is 7.21. The lowest BCUT2D eigenvalue weighted by atomic mass is 10.1. The minimum Gasteiger partial charge on any atom is -0.444 e. The van der Waals surface area contributed by atoms with Crippen LogP contribution in [0.3, 0.4) is 0 Å². The van der Waals surface area contributed by atoms with Gasteiger partial charge in [-0.1, -0.05) is 30.3 Å². The molecule has 0 aliphatic heterocycles. The Kier molecular flexibility index (Phi) is 4.68. The summed E-state index contributed by atoms with van der Waals surface area (Å²) in [7, 11) is 1.77. The fraction of sp³-hybridized carbons (Fsp3) is 0.556. The first-order chi connectivity index (χ1) is 10.6. The molecule has 1 saturated carbocycles. The quantitative estimate of drug-likeness (QED) is 0.927. The minimum absolute atomic E-state index is 0.0541. The molecule has 0 unspecified atom stereocenters. The molecule has 23 heavy (non-hydrogen) atoms. The van der Waals surface area contributed by atoms with E-state index in [1.54, 1.807) is 32.7 Å². The number of hydrogen-bond donors (Lipinski definition) is 1. The first-order valence-corrected chi connectivity index (χ1v) is 7.98. The van der Waals surface area contributed by atoms with Crippen molar-refractivity contribution in [1.29, 1.82) is 0 Å². The monoisotopic (exact) mass is 318 g/mol. The summed E-state index contributed by atoms with van der Waals surface area (Å²) in [6.07, 6.45) is 0.762. The van der Waals surface area contributed by atoms with Crippen LogP contribution < -0.4 is 5.32 Å². The first-order valence-electron chi connectivity index (χ1n) is 7.98. The number of nitrogens with zero attached hydrogens (tertiary/aromatic N) is 1. The van der Waals surface area contributed by atoms with Gasteiger partial charge in [0, 0.05) is 7.05 Å². The number of benzene rings is 1. The molecular formula is C18H26N2O3. The van der Waals surface area contributed by atoms with E-state index in [-0.39, 0.29) is 11.9 Å². The van der Waals surface area contributed by atoms with Crippen LogP contribution >= 0.6 is 0 Å². The van der Waals surface area contributed by atoms with E-state index >= 15 is 0 Å². The summed E-state index contributed by atoms with van der Waals surface area (Å²) in [5.41, 5.74) is -0.316. The lowest BCUT2D eigenvalue weighted by Gasteiger charge is -2.30. The van der Waals surface area contributed by atoms with Crippen molar-refractivity contribution < 1.29 is 14.3 Å². The van der Waals surface area contributed by atoms with Gasteiger partial charge in [0.2, 0.25) is 5.91 Å². The fourth-order valence-electron chi connectivity index (χ4n) is 2.48. The molecule has 1 aromatic rings. The summed E-state index contributed by atoms with van der Waals surface area (Å²) in [6.45, 7) is 7.39. The Morgan fingerprint density at radius 1 is 1.22 bits per heavy atom. The van der Waals surface area contributed by atoms with E-state index in [2.05, 4.69) is 5.32 Å². The minimum atomic E-state index is -0.805. The Hall–Kier alpha value is -2.04. The summed E-state index contributed by atoms with van der Waals surface area (Å²) < 4.78 is 5.27. The zero-order valence-corrected chi connectivity index (χ0v) is 14.6. The maximum Gasteiger partial charge on any atom is 0.408 e. The lowest BCUT2D eigenvalue weighted by Crippen LogP contribution is -2.51. The van der Waals surface area contributed by atoms with E-state index in [0.29, 0.717) is 12.8 Å². The summed E-state index contributed by atoms with van der Waals surface area (Å²) in [6, 6.07) is 9.79. The van der Waals surface area contributed by atoms with Crippen molar-refractivity contribution in [3.05, 3.63) is 35.9 Å². The number of ether oxygens (including phenoxy) is 1. The van der Waals surface area contributed by atoms with Crippen LogP contribution in [0.1, 0.15) is 52.1 Å². The van der Waals surface area contributed by atoms with E-state index in [4.69, 9.17) is 4.74 Å². The molecule has 2 rings (SSSR count). The van der Waals surface area contributed by atoms with E-state index in [1.165, 1.54) is 0 Å². The predicted octanol–water partition coefficient (Wildman–Crippen LogP) is 3.26. The number of amides is 2. The molecule has 0 saturated heterocycles. The van der Waals surface area contributed by atoms with Crippen molar-refractivity contribution in [2.75, 3.05) is 7.05 Å². The summed E-state index contributed by atoms with van der Waals surface area (Å²) in [5, 5.41) is 2.76. The molecular weight excluding hydrogens is 292 g/mol. The Morgan fingerprint density at radius 2 is 1.78 bits per heavy atom. The maximum atomic E-state index is 12.8. The van der Waals surface area contributed by atoms with E-state index < -0.39 is 17.2 Å². The second-order valence-corrected chi connectivity index (χ2v) is 7.21. The van der Waals surface area contributed by atoms with Gasteiger partial charge in [0.15, 0.2) is 0 Å². The molecule has 1 fully saturated rings. The highest BCUT2D eigenvalue weighted by Crippen LogP contribution is 2.39. The molecule has 0 aromatic heterocycles. The average Bonchev–Trinajstić information content (AvgIpc) is 3.24. The third-order valence-electron chi connectivity index (χ3n) is 4.08. The predicted molar refractivity (Wildman–Crippen MR) is 89.0 cm³/mol. The molecule has 1 atom stereocenters. The molecule has 1 N–H and O–H groups in total. The average molecular weight is 318 g/mol. The summed E-state index contributed by atoms with van der Waals surface area (Å²) in [4.78, 5) is 26.5. The number of carbonyl (C=O) groups excluding carboxylic acids is 2. The number of likely N-dealkylation sites (N-methyl/N-ethyl adjacent to an activating group) is 1. The number of hydrogen-bond acceptors (Lipinski definition) is 3. The van der Waals surface area contributed by atoms with Crippen molar-refractivity contribution in [1.82, 2.24) is 10.2 Å². The number of alkyl carbamates (subject to hydrolysis) is 1. The SMILES string of the molecule is C[C@@H](c1ccccc1)N(C)C(=O)C1(NC(=O)OC(C)(C)C)CC1. The van der Waals surface area contributed by atoms with Gasteiger partial charge < -0.3 is 15.0 Å². The normalized spacial score (nSPS) is 17.1. The topological polar surface area (TPSA) is 58.6 Å². The highest BCUT2D eigenvalue weighted by Gasteiger charge is 2.53. The highest BCUT2D eigenvalue weighted by molar-refractivity contribution is 5.93. The Bertz CT molecular complexity index is 574. The van der Waals surface area contributed by atoms with Crippen molar-refractivity contribution in [3.63, 3.8) is 0 Å². The lowest BCUT2D eigenvalue weighted by molar-refractivity contribution is -0.135. The fourth-order valence-corrected chi connectivity index (χ4v) is 2.48. The van der Waals surface area contributed by atoms with Crippen molar-refractivity contribution in [3.8, 4) is 0 Å². The molecule has 5 heteroatoms. The van der Waals surface area contributed by atoms with Gasteiger partial charge in [0.25, 0.3) is 0 Å². The van der Waals surface area contributed by atoms with E-state index in [1.807, 2.05) is 37.3 Å². The number of carbonyl (C=O) groups is 2. The molecule has 0 heterocycles. The molecule has 1 aliphatic carbocycles. The smallest absolute Gasteiger partial charge is 0.408 e. The van der Waals surface area contributed by atoms with Crippen LogP contribution in [-0.4, -0.2) is 35.1 Å². The Labute approximate surface area is 138 Å². The van der Waals surface area contributed by atoms with Crippen LogP contribution in [0.25, 0.3) is 0 Å². The third-order valence-corrected chi connectivity index (χ3v) is 4.08. The molecule has 0 bridgehead atoms. The Balaban J connectivity index is 2.03. The standard InChI is InChI=1S/C18H26N2O3/c1-13(14-9-7-6-8-10-14)20(5)15(21)18(11-12-18)19-16(22)23-17(2,3)4/h6-10,13H,11-12H2,1-5H3,(H,19,22)/t13-/m0/s1. The van der Waals surface area contributed by atoms with Crippen LogP contribution in [0, 0.1) is 0 Å². The van der Waals surface area contributed by atoms with Crippen LogP contribution in [0.2, 0.25) is 0 Å². The van der Waals surface area contributed by atoms with Gasteiger partial charge in [0.1, 0.15) is 11.1 Å². The summed E-state index contributed by atoms with van der Waals surface area (Å²) in [5.74, 6) is -0.0697. The van der Waals surface area contributed by atoms with Gasteiger partial charge in [-0.15, -0.1) is 0 Å². The van der Waals surface area contributed by atoms with Crippen LogP contribution in [0.5, 0.6) is 0 Å². The van der Waals surface area contributed by atoms with Crippen LogP contribution in [0.15, 0.2) is 30.3 Å². The molecule has 0 spiro atoms. The van der Waals surface area contributed by atoms with Crippen molar-refractivity contribution in [2.45, 2.75) is 57.7 Å². The van der Waals surface area contributed by atoms with E-state index in [9.17, 15) is 9.59 Å². The van der Waals surface area contributed by atoms with Gasteiger partial charge in [-0.2, -0.15) is 0 Å². The zero-order valence-electron chi connectivity index (χ0n) is 14.6. The molecule has 0 radical (unpaired) electrons. The Morgan fingerprint density at radius 3 is 2.26 bits per heavy atom. The molecule has 126 valence electrons. The molecule has 1 aliphatic rings. The van der Waals surface area contributed by atoms with Crippen molar-refractivity contribution >= 4 is 12.0 Å². The molecule has 2 amide bonds. The maximum absolute atomic E-state index is 12.8. The van der Waals surface area contributed by atoms with Gasteiger partial charge >= 0.3 is 6.09 Å². The zero-order chi connectivity index (χ0) is 17.3. The first kappa shape index (κ1) is 17.3. The third kappa shape index (κ3) is 4.24. The largest absolute Gasteiger partial charge is 0.444 e. The highest BCUT2D eigenvalue weighted by atomic mass is 16.6. The second kappa shape index (κ2) is 6.22. The van der Waals surface area contributed by atoms with Gasteiger partial charge in [0.05, 0.1) is 6.04 Å². The van der Waals surface area contributed by atoms with E-state index in [0.717, 1.165) is 5.56 Å². The van der Waals surface area contributed by atoms with Gasteiger partial charge in [-0.25, -0.2) is 4.79 Å².